The summed E-state index contributed by atoms with van der Waals surface area (Å²) < 4.78 is 4.57. The number of rotatable bonds is 3. The average Bonchev–Trinajstić information content (AvgIpc) is 2.74. The minimum atomic E-state index is -0.925. The van der Waals surface area contributed by atoms with Gasteiger partial charge in [0.25, 0.3) is 11.1 Å². The predicted octanol–water partition coefficient (Wildman–Crippen LogP) is 2.59. The first-order valence-corrected chi connectivity index (χ1v) is 7.17. The van der Waals surface area contributed by atoms with E-state index in [0.29, 0.717) is 4.91 Å². The molecule has 1 aliphatic rings. The highest BCUT2D eigenvalue weighted by atomic mass is 32.2. The fourth-order valence-corrected chi connectivity index (χ4v) is 2.81. The maximum absolute atomic E-state index is 12.3. The van der Waals surface area contributed by atoms with Crippen molar-refractivity contribution in [3.63, 3.8) is 0 Å². The van der Waals surface area contributed by atoms with Crippen molar-refractivity contribution in [2.75, 3.05) is 7.11 Å². The van der Waals surface area contributed by atoms with Crippen LogP contribution in [0.25, 0.3) is 6.08 Å². The Labute approximate surface area is 127 Å². The predicted molar refractivity (Wildman–Crippen MR) is 80.5 cm³/mol. The van der Waals surface area contributed by atoms with E-state index in [1.54, 1.807) is 6.08 Å². The average molecular weight is 305 g/mol. The van der Waals surface area contributed by atoms with E-state index in [9.17, 15) is 14.4 Å². The van der Waals surface area contributed by atoms with Crippen LogP contribution in [-0.4, -0.2) is 35.2 Å². The molecule has 6 heteroatoms. The highest BCUT2D eigenvalue weighted by Crippen LogP contribution is 2.33. The first kappa shape index (κ1) is 15.3. The van der Waals surface area contributed by atoms with Crippen molar-refractivity contribution in [3.8, 4) is 0 Å². The number of amides is 2. The lowest BCUT2D eigenvalue weighted by molar-refractivity contribution is -0.148. The van der Waals surface area contributed by atoms with Gasteiger partial charge in [0.1, 0.15) is 6.04 Å². The smallest absolute Gasteiger partial charge is 0.328 e. The number of benzene rings is 1. The normalized spacial score (nSPS) is 18.2. The number of nitrogens with zero attached hydrogens (tertiary/aromatic N) is 1. The second-order valence-electron chi connectivity index (χ2n) is 4.66. The minimum Gasteiger partial charge on any atom is -0.467 e. The van der Waals surface area contributed by atoms with Crippen molar-refractivity contribution >= 4 is 35.0 Å². The Morgan fingerprint density at radius 2 is 1.90 bits per heavy atom. The highest BCUT2D eigenvalue weighted by Gasteiger charge is 2.41. The Bertz CT molecular complexity index is 621. The molecule has 1 fully saturated rings. The van der Waals surface area contributed by atoms with Gasteiger partial charge < -0.3 is 4.74 Å². The molecule has 110 valence electrons. The van der Waals surface area contributed by atoms with Crippen LogP contribution in [0.1, 0.15) is 18.1 Å². The van der Waals surface area contributed by atoms with Gasteiger partial charge in [-0.15, -0.1) is 0 Å². The number of esters is 1. The summed E-state index contributed by atoms with van der Waals surface area (Å²) in [6.07, 6.45) is 1.65. The maximum atomic E-state index is 12.3. The molecule has 0 saturated carbocycles. The third kappa shape index (κ3) is 3.16. The molecule has 1 heterocycles. The molecule has 1 saturated heterocycles. The molecule has 0 bridgehead atoms. The van der Waals surface area contributed by atoms with Gasteiger partial charge in [0.05, 0.1) is 12.0 Å². The van der Waals surface area contributed by atoms with Crippen LogP contribution in [0.2, 0.25) is 0 Å². The molecule has 2 amide bonds. The SMILES string of the molecule is COC(=O)[C@H](C)N1C(=O)S/C(=C/c2ccc(C)cc2)C1=O. The van der Waals surface area contributed by atoms with E-state index in [0.717, 1.165) is 27.8 Å². The zero-order valence-electron chi connectivity index (χ0n) is 12.0. The molecule has 1 aliphatic heterocycles. The number of hydrogen-bond donors (Lipinski definition) is 0. The molecule has 0 N–H and O–H groups in total. The van der Waals surface area contributed by atoms with Crippen LogP contribution in [0.4, 0.5) is 4.79 Å². The number of imide groups is 1. The second-order valence-corrected chi connectivity index (χ2v) is 5.65. The summed E-state index contributed by atoms with van der Waals surface area (Å²) in [7, 11) is 1.22. The van der Waals surface area contributed by atoms with Crippen LogP contribution in [0, 0.1) is 6.92 Å². The number of carbonyl (C=O) groups is 3. The van der Waals surface area contributed by atoms with Crippen molar-refractivity contribution in [3.05, 3.63) is 40.3 Å². The fourth-order valence-electron chi connectivity index (χ4n) is 1.90. The van der Waals surface area contributed by atoms with Gasteiger partial charge >= 0.3 is 5.97 Å². The summed E-state index contributed by atoms with van der Waals surface area (Å²) in [4.78, 5) is 36.9. The Morgan fingerprint density at radius 3 is 2.48 bits per heavy atom. The third-order valence-corrected chi connectivity index (χ3v) is 4.01. The fraction of sp³-hybridized carbons (Fsp3) is 0.267. The Morgan fingerprint density at radius 1 is 1.29 bits per heavy atom. The number of aryl methyl sites for hydroxylation is 1. The van der Waals surface area contributed by atoms with Crippen LogP contribution >= 0.6 is 11.8 Å². The van der Waals surface area contributed by atoms with E-state index in [4.69, 9.17) is 0 Å². The number of hydrogen-bond acceptors (Lipinski definition) is 5. The van der Waals surface area contributed by atoms with E-state index in [1.807, 2.05) is 31.2 Å². The minimum absolute atomic E-state index is 0.305. The molecule has 1 aromatic carbocycles. The number of carbonyl (C=O) groups excluding carboxylic acids is 3. The van der Waals surface area contributed by atoms with Gasteiger partial charge in [-0.05, 0) is 37.2 Å². The highest BCUT2D eigenvalue weighted by molar-refractivity contribution is 8.18. The molecule has 5 nitrogen and oxygen atoms in total. The topological polar surface area (TPSA) is 63.7 Å². The summed E-state index contributed by atoms with van der Waals surface area (Å²) in [6.45, 7) is 3.44. The Hall–Kier alpha value is -2.08. The molecule has 0 radical (unpaired) electrons. The van der Waals surface area contributed by atoms with E-state index >= 15 is 0 Å². The lowest BCUT2D eigenvalue weighted by Crippen LogP contribution is -2.42. The largest absolute Gasteiger partial charge is 0.467 e. The lowest BCUT2D eigenvalue weighted by atomic mass is 10.1. The molecular formula is C15H15NO4S. The van der Waals surface area contributed by atoms with Crippen LogP contribution in [0.15, 0.2) is 29.2 Å². The molecule has 1 atom stereocenters. The van der Waals surface area contributed by atoms with Crippen molar-refractivity contribution in [2.24, 2.45) is 0 Å². The van der Waals surface area contributed by atoms with E-state index in [2.05, 4.69) is 4.74 Å². The van der Waals surface area contributed by atoms with Gasteiger partial charge in [-0.3, -0.25) is 14.5 Å². The van der Waals surface area contributed by atoms with Crippen molar-refractivity contribution in [1.82, 2.24) is 4.90 Å². The molecule has 0 aromatic heterocycles. The van der Waals surface area contributed by atoms with Crippen LogP contribution in [0.5, 0.6) is 0 Å². The van der Waals surface area contributed by atoms with Gasteiger partial charge in [0.2, 0.25) is 0 Å². The summed E-state index contributed by atoms with van der Waals surface area (Å²) in [5.74, 6) is -1.09. The summed E-state index contributed by atoms with van der Waals surface area (Å²) >= 11 is 0.828. The molecule has 0 spiro atoms. The zero-order valence-corrected chi connectivity index (χ0v) is 12.8. The molecule has 2 rings (SSSR count). The molecule has 0 unspecified atom stereocenters. The molecule has 1 aromatic rings. The number of ether oxygens (including phenoxy) is 1. The quantitative estimate of drug-likeness (QED) is 0.634. The maximum Gasteiger partial charge on any atom is 0.328 e. The number of methoxy groups -OCH3 is 1. The second kappa shape index (κ2) is 6.13. The van der Waals surface area contributed by atoms with Crippen molar-refractivity contribution < 1.29 is 19.1 Å². The zero-order chi connectivity index (χ0) is 15.6. The monoisotopic (exact) mass is 305 g/mol. The summed E-state index contributed by atoms with van der Waals surface area (Å²) in [6, 6.07) is 6.66. The van der Waals surface area contributed by atoms with Crippen molar-refractivity contribution in [2.45, 2.75) is 19.9 Å². The number of thioether (sulfide) groups is 1. The summed E-state index contributed by atoms with van der Waals surface area (Å²) in [5.41, 5.74) is 1.94. The van der Waals surface area contributed by atoms with Crippen LogP contribution < -0.4 is 0 Å². The molecule has 21 heavy (non-hydrogen) atoms. The van der Waals surface area contributed by atoms with Crippen LogP contribution in [0.3, 0.4) is 0 Å². The van der Waals surface area contributed by atoms with E-state index < -0.39 is 23.2 Å². The van der Waals surface area contributed by atoms with E-state index in [1.165, 1.54) is 14.0 Å². The van der Waals surface area contributed by atoms with E-state index in [-0.39, 0.29) is 0 Å². The Kier molecular flexibility index (Phi) is 4.47. The first-order chi connectivity index (χ1) is 9.93. The molecule has 0 aliphatic carbocycles. The van der Waals surface area contributed by atoms with Crippen molar-refractivity contribution in [1.29, 1.82) is 0 Å². The standard InChI is InChI=1S/C15H15NO4S/c1-9-4-6-11(7-5-9)8-12-13(17)16(15(19)21-12)10(2)14(18)20-3/h4-8,10H,1-3H3/b12-8+/t10-/m0/s1. The van der Waals surface area contributed by atoms with Gasteiger partial charge in [0.15, 0.2) is 0 Å². The summed E-state index contributed by atoms with van der Waals surface area (Å²) in [5, 5.41) is -0.462. The first-order valence-electron chi connectivity index (χ1n) is 6.35. The van der Waals surface area contributed by atoms with Gasteiger partial charge in [0, 0.05) is 0 Å². The lowest BCUT2D eigenvalue weighted by Gasteiger charge is -2.18. The van der Waals surface area contributed by atoms with Gasteiger partial charge in [-0.2, -0.15) is 0 Å². The Balaban J connectivity index is 2.25. The third-order valence-electron chi connectivity index (χ3n) is 3.13. The van der Waals surface area contributed by atoms with Gasteiger partial charge in [-0.25, -0.2) is 4.79 Å². The van der Waals surface area contributed by atoms with Gasteiger partial charge in [-0.1, -0.05) is 29.8 Å². The molecular weight excluding hydrogens is 290 g/mol. The van der Waals surface area contributed by atoms with Crippen LogP contribution in [-0.2, 0) is 14.3 Å².